The van der Waals surface area contributed by atoms with Crippen molar-refractivity contribution < 1.29 is 22.4 Å². The lowest BCUT2D eigenvalue weighted by atomic mass is 10.1. The predicted octanol–water partition coefficient (Wildman–Crippen LogP) is 2.31. The zero-order valence-electron chi connectivity index (χ0n) is 14.4. The number of aromatic nitrogens is 5. The van der Waals surface area contributed by atoms with Gasteiger partial charge in [-0.05, 0) is 11.6 Å². The Balaban J connectivity index is 1.72. The molecule has 0 fully saturated rings. The summed E-state index contributed by atoms with van der Waals surface area (Å²) < 4.78 is 45.6. The third kappa shape index (κ3) is 4.30. The maximum Gasteiger partial charge on any atom is 0.416 e. The van der Waals surface area contributed by atoms with E-state index < -0.39 is 17.6 Å². The smallest absolute Gasteiger partial charge is 0.416 e. The monoisotopic (exact) mass is 380 g/mol. The summed E-state index contributed by atoms with van der Waals surface area (Å²) in [5, 5.41) is 15.0. The van der Waals surface area contributed by atoms with Gasteiger partial charge < -0.3 is 9.32 Å². The molecule has 142 valence electrons. The molecule has 0 aliphatic heterocycles. The SMILES string of the molecule is Cc1nnc(CN(C)C(=O)c2cn(Cc3ccccc3C(F)(F)F)nn2)o1. The second kappa shape index (κ2) is 7.17. The normalized spacial score (nSPS) is 11.6. The molecule has 1 amide bonds. The number of hydrogen-bond acceptors (Lipinski definition) is 6. The largest absolute Gasteiger partial charge is 0.424 e. The molecule has 3 aromatic rings. The predicted molar refractivity (Wildman–Crippen MR) is 85.4 cm³/mol. The van der Waals surface area contributed by atoms with E-state index in [1.807, 2.05) is 0 Å². The number of aryl methyl sites for hydroxylation is 1. The van der Waals surface area contributed by atoms with Crippen LogP contribution in [0.1, 0.15) is 33.4 Å². The summed E-state index contributed by atoms with van der Waals surface area (Å²) in [5.74, 6) is 0.163. The van der Waals surface area contributed by atoms with Crippen molar-refractivity contribution in [3.8, 4) is 0 Å². The van der Waals surface area contributed by atoms with Crippen LogP contribution in [0.5, 0.6) is 0 Å². The van der Waals surface area contributed by atoms with Crippen molar-refractivity contribution in [3.05, 3.63) is 59.1 Å². The third-order valence-electron chi connectivity index (χ3n) is 3.70. The molecule has 2 heterocycles. The number of benzene rings is 1. The average molecular weight is 380 g/mol. The number of amides is 1. The maximum atomic E-state index is 13.1. The molecule has 11 heteroatoms. The van der Waals surface area contributed by atoms with Crippen LogP contribution in [0.2, 0.25) is 0 Å². The molecule has 2 aromatic heterocycles. The van der Waals surface area contributed by atoms with Gasteiger partial charge in [0.25, 0.3) is 5.91 Å². The second-order valence-electron chi connectivity index (χ2n) is 5.83. The van der Waals surface area contributed by atoms with Crippen LogP contribution in [0.4, 0.5) is 13.2 Å². The summed E-state index contributed by atoms with van der Waals surface area (Å²) in [6.45, 7) is 1.54. The highest BCUT2D eigenvalue weighted by Crippen LogP contribution is 2.32. The Labute approximate surface area is 151 Å². The Morgan fingerprint density at radius 1 is 1.22 bits per heavy atom. The summed E-state index contributed by atoms with van der Waals surface area (Å²) in [4.78, 5) is 13.7. The zero-order valence-corrected chi connectivity index (χ0v) is 14.4. The van der Waals surface area contributed by atoms with Gasteiger partial charge in [0.2, 0.25) is 11.8 Å². The Bertz CT molecular complexity index is 950. The summed E-state index contributed by atoms with van der Waals surface area (Å²) in [7, 11) is 1.51. The molecule has 0 radical (unpaired) electrons. The molecule has 0 bridgehead atoms. The molecule has 0 unspecified atom stereocenters. The lowest BCUT2D eigenvalue weighted by Crippen LogP contribution is -2.26. The van der Waals surface area contributed by atoms with Crippen molar-refractivity contribution in [1.29, 1.82) is 0 Å². The van der Waals surface area contributed by atoms with Crippen LogP contribution in [0, 0.1) is 6.92 Å². The number of carbonyl (C=O) groups is 1. The lowest BCUT2D eigenvalue weighted by Gasteiger charge is -2.13. The van der Waals surface area contributed by atoms with Crippen molar-refractivity contribution in [2.75, 3.05) is 7.05 Å². The van der Waals surface area contributed by atoms with Crippen molar-refractivity contribution in [3.63, 3.8) is 0 Å². The van der Waals surface area contributed by atoms with Gasteiger partial charge in [-0.15, -0.1) is 15.3 Å². The highest BCUT2D eigenvalue weighted by molar-refractivity contribution is 5.91. The van der Waals surface area contributed by atoms with Gasteiger partial charge in [0.05, 0.1) is 24.8 Å². The van der Waals surface area contributed by atoms with E-state index in [9.17, 15) is 18.0 Å². The van der Waals surface area contributed by atoms with Crippen molar-refractivity contribution in [1.82, 2.24) is 30.1 Å². The van der Waals surface area contributed by atoms with E-state index in [-0.39, 0.29) is 30.2 Å². The highest BCUT2D eigenvalue weighted by atomic mass is 19.4. The molecule has 0 saturated carbocycles. The van der Waals surface area contributed by atoms with E-state index in [1.165, 1.54) is 41.0 Å². The van der Waals surface area contributed by atoms with Gasteiger partial charge in [-0.25, -0.2) is 4.68 Å². The molecule has 0 aliphatic carbocycles. The van der Waals surface area contributed by atoms with Gasteiger partial charge >= 0.3 is 6.18 Å². The minimum absolute atomic E-state index is 0.00164. The number of nitrogens with zero attached hydrogens (tertiary/aromatic N) is 6. The van der Waals surface area contributed by atoms with Crippen LogP contribution in [0.15, 0.2) is 34.9 Å². The molecule has 8 nitrogen and oxygen atoms in total. The maximum absolute atomic E-state index is 13.1. The number of hydrogen-bond donors (Lipinski definition) is 0. The van der Waals surface area contributed by atoms with Crippen LogP contribution in [-0.4, -0.2) is 43.0 Å². The number of rotatable bonds is 5. The molecule has 3 rings (SSSR count). The van der Waals surface area contributed by atoms with E-state index in [1.54, 1.807) is 6.92 Å². The molecule has 1 aromatic carbocycles. The minimum atomic E-state index is -4.47. The number of halogens is 3. The average Bonchev–Trinajstić information content (AvgIpc) is 3.23. The minimum Gasteiger partial charge on any atom is -0.424 e. The van der Waals surface area contributed by atoms with Crippen LogP contribution < -0.4 is 0 Å². The number of carbonyl (C=O) groups excluding carboxylic acids is 1. The first-order valence-electron chi connectivity index (χ1n) is 7.83. The molecule has 27 heavy (non-hydrogen) atoms. The van der Waals surface area contributed by atoms with Crippen molar-refractivity contribution in [2.45, 2.75) is 26.2 Å². The van der Waals surface area contributed by atoms with Gasteiger partial charge in [-0.2, -0.15) is 13.2 Å². The van der Waals surface area contributed by atoms with Gasteiger partial charge in [0.1, 0.15) is 0 Å². The Hall–Kier alpha value is -3.24. The summed E-state index contributed by atoms with van der Waals surface area (Å²) in [6.07, 6.45) is -3.18. The van der Waals surface area contributed by atoms with Crippen LogP contribution >= 0.6 is 0 Å². The molecule has 0 N–H and O–H groups in total. The van der Waals surface area contributed by atoms with Gasteiger partial charge in [0, 0.05) is 14.0 Å². The zero-order chi connectivity index (χ0) is 19.6. The topological polar surface area (TPSA) is 89.9 Å². The third-order valence-corrected chi connectivity index (χ3v) is 3.70. The first kappa shape index (κ1) is 18.5. The molecule has 0 saturated heterocycles. The quantitative estimate of drug-likeness (QED) is 0.675. The summed E-state index contributed by atoms with van der Waals surface area (Å²) in [5.41, 5.74) is -0.723. The van der Waals surface area contributed by atoms with Crippen LogP contribution in [-0.2, 0) is 19.3 Å². The van der Waals surface area contributed by atoms with Gasteiger partial charge in [0.15, 0.2) is 5.69 Å². The van der Waals surface area contributed by atoms with E-state index in [2.05, 4.69) is 20.5 Å². The fraction of sp³-hybridized carbons (Fsp3) is 0.312. The van der Waals surface area contributed by atoms with E-state index in [4.69, 9.17) is 4.42 Å². The second-order valence-corrected chi connectivity index (χ2v) is 5.83. The van der Waals surface area contributed by atoms with E-state index >= 15 is 0 Å². The Kier molecular flexibility index (Phi) is 4.93. The standard InChI is InChI=1S/C16H15F3N6O2/c1-10-20-22-14(27-10)9-24(2)15(26)13-8-25(23-21-13)7-11-5-3-4-6-12(11)16(17,18)19/h3-6,8H,7,9H2,1-2H3. The van der Waals surface area contributed by atoms with Gasteiger partial charge in [-0.3, -0.25) is 4.79 Å². The summed E-state index contributed by atoms with van der Waals surface area (Å²) >= 11 is 0. The molecular weight excluding hydrogens is 365 g/mol. The molecule has 0 spiro atoms. The fourth-order valence-electron chi connectivity index (χ4n) is 2.45. The van der Waals surface area contributed by atoms with E-state index in [0.717, 1.165) is 6.07 Å². The van der Waals surface area contributed by atoms with Gasteiger partial charge in [-0.1, -0.05) is 23.4 Å². The van der Waals surface area contributed by atoms with Crippen molar-refractivity contribution >= 4 is 5.91 Å². The highest BCUT2D eigenvalue weighted by Gasteiger charge is 2.33. The van der Waals surface area contributed by atoms with Crippen LogP contribution in [0.25, 0.3) is 0 Å². The summed E-state index contributed by atoms with van der Waals surface area (Å²) in [6, 6.07) is 5.18. The van der Waals surface area contributed by atoms with Crippen molar-refractivity contribution in [2.24, 2.45) is 0 Å². The first-order valence-corrected chi connectivity index (χ1v) is 7.83. The molecule has 0 atom stereocenters. The van der Waals surface area contributed by atoms with E-state index in [0.29, 0.717) is 5.89 Å². The Morgan fingerprint density at radius 3 is 2.63 bits per heavy atom. The molecular formula is C16H15F3N6O2. The van der Waals surface area contributed by atoms with Crippen LogP contribution in [0.3, 0.4) is 0 Å². The molecule has 0 aliphatic rings. The lowest BCUT2D eigenvalue weighted by molar-refractivity contribution is -0.138. The number of alkyl halides is 3. The Morgan fingerprint density at radius 2 is 1.96 bits per heavy atom. The first-order chi connectivity index (χ1) is 12.7. The fourth-order valence-corrected chi connectivity index (χ4v) is 2.45.